The van der Waals surface area contributed by atoms with E-state index in [9.17, 15) is 0 Å². The molecule has 2 heteroatoms. The van der Waals surface area contributed by atoms with E-state index in [0.717, 1.165) is 17.9 Å². The van der Waals surface area contributed by atoms with E-state index in [-0.39, 0.29) is 0 Å². The Kier molecular flexibility index (Phi) is 2.61. The van der Waals surface area contributed by atoms with Gasteiger partial charge in [-0.2, -0.15) is 0 Å². The predicted molar refractivity (Wildman–Crippen MR) is 55.8 cm³/mol. The Morgan fingerprint density at radius 1 is 1.15 bits per heavy atom. The highest BCUT2D eigenvalue weighted by atomic mass is 15.2. The summed E-state index contributed by atoms with van der Waals surface area (Å²) in [7, 11) is 6.75. The van der Waals surface area contributed by atoms with Crippen molar-refractivity contribution in [2.24, 2.45) is 11.8 Å². The molecule has 2 rings (SSSR count). The second kappa shape index (κ2) is 3.58. The molecule has 1 aliphatic heterocycles. The summed E-state index contributed by atoms with van der Waals surface area (Å²) in [6.07, 6.45) is 4.33. The van der Waals surface area contributed by atoms with Gasteiger partial charge in [0, 0.05) is 19.1 Å². The van der Waals surface area contributed by atoms with Crippen molar-refractivity contribution >= 4 is 0 Å². The zero-order valence-electron chi connectivity index (χ0n) is 9.16. The summed E-state index contributed by atoms with van der Waals surface area (Å²) in [5.41, 5.74) is 0. The summed E-state index contributed by atoms with van der Waals surface area (Å²) in [4.78, 5) is 4.95. The summed E-state index contributed by atoms with van der Waals surface area (Å²) >= 11 is 0. The normalized spacial score (nSPS) is 41.1. The van der Waals surface area contributed by atoms with Gasteiger partial charge in [0.05, 0.1) is 0 Å². The Labute approximate surface area is 81.9 Å². The summed E-state index contributed by atoms with van der Waals surface area (Å²) in [6.45, 7) is 2.67. The van der Waals surface area contributed by atoms with Crippen molar-refractivity contribution in [1.82, 2.24) is 9.80 Å². The van der Waals surface area contributed by atoms with Crippen molar-refractivity contribution in [3.63, 3.8) is 0 Å². The van der Waals surface area contributed by atoms with Gasteiger partial charge in [-0.25, -0.2) is 0 Å². The van der Waals surface area contributed by atoms with Gasteiger partial charge in [-0.05, 0) is 45.8 Å². The van der Waals surface area contributed by atoms with Gasteiger partial charge in [0.25, 0.3) is 0 Å². The van der Waals surface area contributed by atoms with E-state index in [1.54, 1.807) is 0 Å². The fourth-order valence-corrected chi connectivity index (χ4v) is 3.30. The Hall–Kier alpha value is -0.0800. The number of nitrogens with zero attached hydrogens (tertiary/aromatic N) is 2. The van der Waals surface area contributed by atoms with E-state index in [2.05, 4.69) is 30.9 Å². The SMILES string of the molecule is CN1CC2CCCC(N(C)C)C2C1. The second-order valence-electron chi connectivity index (χ2n) is 5.11. The van der Waals surface area contributed by atoms with Crippen LogP contribution < -0.4 is 0 Å². The minimum atomic E-state index is 0.851. The molecular weight excluding hydrogens is 160 g/mol. The number of likely N-dealkylation sites (tertiary alicyclic amines) is 1. The molecule has 0 bridgehead atoms. The van der Waals surface area contributed by atoms with Crippen LogP contribution in [-0.2, 0) is 0 Å². The molecule has 1 heterocycles. The summed E-state index contributed by atoms with van der Waals surface area (Å²) in [6, 6.07) is 0.851. The summed E-state index contributed by atoms with van der Waals surface area (Å²) < 4.78 is 0. The third-order valence-electron chi connectivity index (χ3n) is 3.91. The first-order valence-electron chi connectivity index (χ1n) is 5.53. The molecule has 0 radical (unpaired) electrons. The lowest BCUT2D eigenvalue weighted by Gasteiger charge is -2.37. The molecule has 0 aromatic carbocycles. The third-order valence-corrected chi connectivity index (χ3v) is 3.91. The fourth-order valence-electron chi connectivity index (χ4n) is 3.30. The van der Waals surface area contributed by atoms with Crippen LogP contribution in [0.25, 0.3) is 0 Å². The lowest BCUT2D eigenvalue weighted by Crippen LogP contribution is -2.41. The topological polar surface area (TPSA) is 6.48 Å². The van der Waals surface area contributed by atoms with E-state index < -0.39 is 0 Å². The van der Waals surface area contributed by atoms with Crippen molar-refractivity contribution < 1.29 is 0 Å². The quantitative estimate of drug-likeness (QED) is 0.603. The Balaban J connectivity index is 2.05. The monoisotopic (exact) mass is 182 g/mol. The highest BCUT2D eigenvalue weighted by molar-refractivity contribution is 4.93. The minimum Gasteiger partial charge on any atom is -0.306 e. The zero-order valence-corrected chi connectivity index (χ0v) is 9.16. The molecule has 2 fully saturated rings. The standard InChI is InChI=1S/C11H22N2/c1-12(2)11-6-4-5-9-7-13(3)8-10(9)11/h9-11H,4-8H2,1-3H3. The van der Waals surface area contributed by atoms with Gasteiger partial charge in [0.1, 0.15) is 0 Å². The van der Waals surface area contributed by atoms with Crippen molar-refractivity contribution in [2.45, 2.75) is 25.3 Å². The summed E-state index contributed by atoms with van der Waals surface area (Å²) in [5, 5.41) is 0. The van der Waals surface area contributed by atoms with Gasteiger partial charge >= 0.3 is 0 Å². The van der Waals surface area contributed by atoms with Crippen molar-refractivity contribution in [2.75, 3.05) is 34.2 Å². The van der Waals surface area contributed by atoms with Gasteiger partial charge in [-0.1, -0.05) is 6.42 Å². The van der Waals surface area contributed by atoms with E-state index in [4.69, 9.17) is 0 Å². The molecule has 1 saturated carbocycles. The largest absolute Gasteiger partial charge is 0.306 e. The van der Waals surface area contributed by atoms with Crippen molar-refractivity contribution in [3.05, 3.63) is 0 Å². The first kappa shape index (κ1) is 9.47. The molecule has 13 heavy (non-hydrogen) atoms. The third kappa shape index (κ3) is 1.75. The molecule has 0 N–H and O–H groups in total. The highest BCUT2D eigenvalue weighted by Gasteiger charge is 2.39. The second-order valence-corrected chi connectivity index (χ2v) is 5.11. The van der Waals surface area contributed by atoms with Crippen LogP contribution in [0.15, 0.2) is 0 Å². The first-order valence-corrected chi connectivity index (χ1v) is 5.53. The predicted octanol–water partition coefficient (Wildman–Crippen LogP) is 1.28. The van der Waals surface area contributed by atoms with Crippen LogP contribution in [0.1, 0.15) is 19.3 Å². The van der Waals surface area contributed by atoms with E-state index in [1.807, 2.05) is 0 Å². The molecule has 1 aliphatic carbocycles. The van der Waals surface area contributed by atoms with E-state index in [0.29, 0.717) is 0 Å². The summed E-state index contributed by atoms with van der Waals surface area (Å²) in [5.74, 6) is 1.94. The molecule has 0 amide bonds. The Bertz CT molecular complexity index is 179. The average Bonchev–Trinajstić information content (AvgIpc) is 2.43. The van der Waals surface area contributed by atoms with Crippen LogP contribution in [0.5, 0.6) is 0 Å². The maximum absolute atomic E-state index is 2.51. The van der Waals surface area contributed by atoms with Crippen LogP contribution in [0.4, 0.5) is 0 Å². The number of hydrogen-bond donors (Lipinski definition) is 0. The maximum Gasteiger partial charge on any atom is 0.0133 e. The number of rotatable bonds is 1. The molecule has 2 nitrogen and oxygen atoms in total. The smallest absolute Gasteiger partial charge is 0.0133 e. The number of hydrogen-bond acceptors (Lipinski definition) is 2. The van der Waals surface area contributed by atoms with Gasteiger partial charge in [0.2, 0.25) is 0 Å². The lowest BCUT2D eigenvalue weighted by atomic mass is 9.77. The van der Waals surface area contributed by atoms with Crippen molar-refractivity contribution in [1.29, 1.82) is 0 Å². The van der Waals surface area contributed by atoms with E-state index in [1.165, 1.54) is 32.4 Å². The maximum atomic E-state index is 2.51. The average molecular weight is 182 g/mol. The highest BCUT2D eigenvalue weighted by Crippen LogP contribution is 2.37. The molecule has 3 atom stereocenters. The van der Waals surface area contributed by atoms with Gasteiger partial charge in [-0.15, -0.1) is 0 Å². The Morgan fingerprint density at radius 2 is 1.92 bits per heavy atom. The van der Waals surface area contributed by atoms with Crippen LogP contribution in [0.2, 0.25) is 0 Å². The Morgan fingerprint density at radius 3 is 2.62 bits per heavy atom. The molecule has 76 valence electrons. The van der Waals surface area contributed by atoms with E-state index >= 15 is 0 Å². The van der Waals surface area contributed by atoms with Crippen LogP contribution in [0, 0.1) is 11.8 Å². The molecule has 0 spiro atoms. The van der Waals surface area contributed by atoms with Gasteiger partial charge in [-0.3, -0.25) is 0 Å². The zero-order chi connectivity index (χ0) is 9.42. The van der Waals surface area contributed by atoms with Crippen LogP contribution >= 0.6 is 0 Å². The molecule has 0 aromatic rings. The lowest BCUT2D eigenvalue weighted by molar-refractivity contribution is 0.133. The fraction of sp³-hybridized carbons (Fsp3) is 1.00. The minimum absolute atomic E-state index is 0.851. The van der Waals surface area contributed by atoms with Crippen molar-refractivity contribution in [3.8, 4) is 0 Å². The first-order chi connectivity index (χ1) is 6.18. The molecular formula is C11H22N2. The van der Waals surface area contributed by atoms with Crippen LogP contribution in [-0.4, -0.2) is 50.1 Å². The van der Waals surface area contributed by atoms with Crippen LogP contribution in [0.3, 0.4) is 0 Å². The number of fused-ring (bicyclic) bond motifs is 1. The molecule has 2 aliphatic rings. The van der Waals surface area contributed by atoms with Gasteiger partial charge < -0.3 is 9.80 Å². The molecule has 3 unspecified atom stereocenters. The molecule has 0 aromatic heterocycles. The van der Waals surface area contributed by atoms with Gasteiger partial charge in [0.15, 0.2) is 0 Å². The molecule has 1 saturated heterocycles.